The first kappa shape index (κ1) is 18.0. The maximum absolute atomic E-state index is 12.5. The number of hydrogen-bond acceptors (Lipinski definition) is 4. The summed E-state index contributed by atoms with van der Waals surface area (Å²) >= 11 is 0. The van der Waals surface area contributed by atoms with Gasteiger partial charge in [-0.25, -0.2) is 9.78 Å². The lowest BCUT2D eigenvalue weighted by Gasteiger charge is -2.36. The number of nitrogens with zero attached hydrogens (tertiary/aromatic N) is 2. The highest BCUT2D eigenvalue weighted by Crippen LogP contribution is 2.25. The highest BCUT2D eigenvalue weighted by atomic mass is 19.4. The highest BCUT2D eigenvalue weighted by molar-refractivity contribution is 5.96. The summed E-state index contributed by atoms with van der Waals surface area (Å²) in [7, 11) is 0. The SMILES string of the molecule is CC1CCN(C(=O)c2ccc(OCC(F)(F)F)nc2)C(C(=O)O)C1. The van der Waals surface area contributed by atoms with Gasteiger partial charge >= 0.3 is 12.1 Å². The Morgan fingerprint density at radius 3 is 2.67 bits per heavy atom. The number of carbonyl (C=O) groups is 2. The van der Waals surface area contributed by atoms with Gasteiger partial charge in [-0.3, -0.25) is 4.79 Å². The van der Waals surface area contributed by atoms with Crippen LogP contribution >= 0.6 is 0 Å². The van der Waals surface area contributed by atoms with Crippen molar-refractivity contribution in [3.8, 4) is 5.88 Å². The summed E-state index contributed by atoms with van der Waals surface area (Å²) in [5.41, 5.74) is 0.107. The van der Waals surface area contributed by atoms with Gasteiger partial charge in [-0.1, -0.05) is 6.92 Å². The lowest BCUT2D eigenvalue weighted by molar-refractivity contribution is -0.154. The maximum atomic E-state index is 12.5. The van der Waals surface area contributed by atoms with E-state index in [0.717, 1.165) is 12.3 Å². The molecule has 1 fully saturated rings. The molecule has 2 rings (SSSR count). The van der Waals surface area contributed by atoms with E-state index in [4.69, 9.17) is 0 Å². The molecule has 1 aromatic rings. The molecule has 0 spiro atoms. The molecule has 2 unspecified atom stereocenters. The third-order valence-electron chi connectivity index (χ3n) is 3.78. The number of alkyl halides is 3. The van der Waals surface area contributed by atoms with Crippen LogP contribution in [-0.2, 0) is 4.79 Å². The molecule has 2 heterocycles. The summed E-state index contributed by atoms with van der Waals surface area (Å²) < 4.78 is 40.7. The molecule has 1 aliphatic heterocycles. The number of piperidine rings is 1. The number of aliphatic carboxylic acids is 1. The molecule has 132 valence electrons. The average molecular weight is 346 g/mol. The van der Waals surface area contributed by atoms with Gasteiger partial charge in [0.05, 0.1) is 5.56 Å². The number of amides is 1. The van der Waals surface area contributed by atoms with E-state index in [9.17, 15) is 27.9 Å². The van der Waals surface area contributed by atoms with Gasteiger partial charge in [-0.15, -0.1) is 0 Å². The fourth-order valence-electron chi connectivity index (χ4n) is 2.53. The molecular weight excluding hydrogens is 329 g/mol. The molecule has 1 aliphatic rings. The molecule has 0 saturated carbocycles. The Kier molecular flexibility index (Phi) is 5.30. The van der Waals surface area contributed by atoms with E-state index in [1.807, 2.05) is 6.92 Å². The first-order valence-corrected chi connectivity index (χ1v) is 7.37. The van der Waals surface area contributed by atoms with Crippen molar-refractivity contribution >= 4 is 11.9 Å². The molecule has 0 aromatic carbocycles. The zero-order valence-corrected chi connectivity index (χ0v) is 12.9. The minimum Gasteiger partial charge on any atom is -0.480 e. The Hall–Kier alpha value is -2.32. The van der Waals surface area contributed by atoms with Crippen molar-refractivity contribution < 1.29 is 32.6 Å². The Labute approximate surface area is 136 Å². The normalized spacial score (nSPS) is 21.4. The van der Waals surface area contributed by atoms with E-state index in [1.165, 1.54) is 11.0 Å². The summed E-state index contributed by atoms with van der Waals surface area (Å²) in [6.07, 6.45) is -2.34. The molecule has 1 aromatic heterocycles. The fraction of sp³-hybridized carbons (Fsp3) is 0.533. The van der Waals surface area contributed by atoms with Crippen LogP contribution in [0.15, 0.2) is 18.3 Å². The van der Waals surface area contributed by atoms with Crippen molar-refractivity contribution in [1.29, 1.82) is 0 Å². The topological polar surface area (TPSA) is 79.7 Å². The van der Waals surface area contributed by atoms with Crippen molar-refractivity contribution in [1.82, 2.24) is 9.88 Å². The van der Waals surface area contributed by atoms with Crippen molar-refractivity contribution in [2.24, 2.45) is 5.92 Å². The smallest absolute Gasteiger partial charge is 0.422 e. The molecule has 2 atom stereocenters. The van der Waals surface area contributed by atoms with Crippen LogP contribution in [-0.4, -0.2) is 52.2 Å². The predicted molar refractivity (Wildman–Crippen MR) is 76.6 cm³/mol. The summed E-state index contributed by atoms with van der Waals surface area (Å²) in [6, 6.07) is 1.52. The van der Waals surface area contributed by atoms with E-state index in [1.54, 1.807) is 0 Å². The first-order chi connectivity index (χ1) is 11.2. The van der Waals surface area contributed by atoms with E-state index >= 15 is 0 Å². The van der Waals surface area contributed by atoms with Crippen LogP contribution in [0.3, 0.4) is 0 Å². The number of carboxylic acids is 1. The van der Waals surface area contributed by atoms with E-state index in [0.29, 0.717) is 19.4 Å². The largest absolute Gasteiger partial charge is 0.480 e. The van der Waals surface area contributed by atoms with Crippen LogP contribution in [0.4, 0.5) is 13.2 Å². The van der Waals surface area contributed by atoms with Crippen molar-refractivity contribution in [2.45, 2.75) is 32.0 Å². The molecule has 0 aliphatic carbocycles. The van der Waals surface area contributed by atoms with Gasteiger partial charge in [0.2, 0.25) is 5.88 Å². The number of carboxylic acid groups (broad SMARTS) is 1. The number of halogens is 3. The Bertz CT molecular complexity index is 604. The second-order valence-corrected chi connectivity index (χ2v) is 5.77. The van der Waals surface area contributed by atoms with Crippen LogP contribution in [0.25, 0.3) is 0 Å². The third kappa shape index (κ3) is 4.59. The van der Waals surface area contributed by atoms with Crippen LogP contribution in [0.5, 0.6) is 5.88 Å². The molecule has 1 amide bonds. The number of likely N-dealkylation sites (tertiary alicyclic amines) is 1. The zero-order chi connectivity index (χ0) is 17.9. The molecule has 1 N–H and O–H groups in total. The molecule has 9 heteroatoms. The van der Waals surface area contributed by atoms with Gasteiger partial charge in [-0.05, 0) is 24.8 Å². The van der Waals surface area contributed by atoms with E-state index in [2.05, 4.69) is 9.72 Å². The molecular formula is C15H17F3N2O4. The van der Waals surface area contributed by atoms with Crippen LogP contribution in [0.2, 0.25) is 0 Å². The van der Waals surface area contributed by atoms with Crippen LogP contribution in [0.1, 0.15) is 30.1 Å². The van der Waals surface area contributed by atoms with Crippen molar-refractivity contribution in [3.63, 3.8) is 0 Å². The van der Waals surface area contributed by atoms with Crippen LogP contribution < -0.4 is 4.74 Å². The van der Waals surface area contributed by atoms with Gasteiger partial charge < -0.3 is 14.7 Å². The van der Waals surface area contributed by atoms with E-state index in [-0.39, 0.29) is 17.4 Å². The number of aromatic nitrogens is 1. The lowest BCUT2D eigenvalue weighted by Crippen LogP contribution is -2.49. The van der Waals surface area contributed by atoms with Gasteiger partial charge in [0.25, 0.3) is 5.91 Å². The number of ether oxygens (including phenoxy) is 1. The summed E-state index contributed by atoms with van der Waals surface area (Å²) in [4.78, 5) is 28.7. The van der Waals surface area contributed by atoms with E-state index < -0.39 is 30.7 Å². The summed E-state index contributed by atoms with van der Waals surface area (Å²) in [6.45, 7) is 0.758. The predicted octanol–water partition coefficient (Wildman–Crippen LogP) is 2.35. The Morgan fingerprint density at radius 2 is 2.12 bits per heavy atom. The first-order valence-electron chi connectivity index (χ1n) is 7.37. The minimum absolute atomic E-state index is 0.107. The second kappa shape index (κ2) is 7.06. The monoisotopic (exact) mass is 346 g/mol. The minimum atomic E-state index is -4.48. The summed E-state index contributed by atoms with van der Waals surface area (Å²) in [5.74, 6) is -1.64. The molecule has 0 radical (unpaired) electrons. The van der Waals surface area contributed by atoms with Gasteiger partial charge in [-0.2, -0.15) is 13.2 Å². The number of hydrogen-bond donors (Lipinski definition) is 1. The van der Waals surface area contributed by atoms with Gasteiger partial charge in [0.1, 0.15) is 6.04 Å². The standard InChI is InChI=1S/C15H17F3N2O4/c1-9-4-5-20(11(6-9)14(22)23)13(21)10-2-3-12(19-7-10)24-8-15(16,17)18/h2-3,7,9,11H,4-6,8H2,1H3,(H,22,23). The maximum Gasteiger partial charge on any atom is 0.422 e. The number of pyridine rings is 1. The van der Waals surface area contributed by atoms with Crippen molar-refractivity contribution in [2.75, 3.05) is 13.2 Å². The molecule has 1 saturated heterocycles. The zero-order valence-electron chi connectivity index (χ0n) is 12.9. The highest BCUT2D eigenvalue weighted by Gasteiger charge is 2.35. The van der Waals surface area contributed by atoms with Crippen molar-refractivity contribution in [3.05, 3.63) is 23.9 Å². The van der Waals surface area contributed by atoms with Crippen LogP contribution in [0, 0.1) is 5.92 Å². The molecule has 6 nitrogen and oxygen atoms in total. The molecule has 24 heavy (non-hydrogen) atoms. The van der Waals surface area contributed by atoms with Gasteiger partial charge in [0, 0.05) is 18.8 Å². The lowest BCUT2D eigenvalue weighted by atomic mass is 9.92. The third-order valence-corrected chi connectivity index (χ3v) is 3.78. The average Bonchev–Trinajstić information content (AvgIpc) is 2.52. The molecule has 0 bridgehead atoms. The summed E-state index contributed by atoms with van der Waals surface area (Å²) in [5, 5.41) is 9.28. The second-order valence-electron chi connectivity index (χ2n) is 5.77. The number of rotatable bonds is 4. The quantitative estimate of drug-likeness (QED) is 0.905. The number of carbonyl (C=O) groups excluding carboxylic acids is 1. The Morgan fingerprint density at radius 1 is 1.42 bits per heavy atom. The Balaban J connectivity index is 2.07. The van der Waals surface area contributed by atoms with Gasteiger partial charge in [0.15, 0.2) is 6.61 Å². The fourth-order valence-corrected chi connectivity index (χ4v) is 2.53.